The van der Waals surface area contributed by atoms with Gasteiger partial charge in [0.05, 0.1) is 10.6 Å². The molecule has 0 aliphatic rings. The number of carbonyl (C=O) groups excluding carboxylic acids is 2. The van der Waals surface area contributed by atoms with Crippen LogP contribution in [0.2, 0.25) is 5.02 Å². The van der Waals surface area contributed by atoms with Crippen LogP contribution in [-0.4, -0.2) is 44.8 Å². The maximum atomic E-state index is 13.9. The molecule has 2 amide bonds. The molecule has 0 saturated carbocycles. The number of carbonyl (C=O) groups is 2. The number of para-hydroxylation sites is 1. The molecule has 3 aromatic carbocycles. The van der Waals surface area contributed by atoms with Crippen molar-refractivity contribution in [2.75, 3.05) is 17.9 Å². The van der Waals surface area contributed by atoms with Gasteiger partial charge in [-0.05, 0) is 54.3 Å². The maximum Gasteiger partial charge on any atom is 0.264 e. The van der Waals surface area contributed by atoms with Crippen molar-refractivity contribution in [3.05, 3.63) is 95.0 Å². The van der Waals surface area contributed by atoms with E-state index in [1.165, 1.54) is 24.1 Å². The number of nitrogens with one attached hydrogen (secondary N) is 1. The van der Waals surface area contributed by atoms with Gasteiger partial charge >= 0.3 is 0 Å². The first-order valence-corrected chi connectivity index (χ1v) is 14.0. The molecule has 3 rings (SSSR count). The van der Waals surface area contributed by atoms with E-state index in [0.717, 1.165) is 15.4 Å². The Bertz CT molecular complexity index is 1310. The Balaban J connectivity index is 2.08. The van der Waals surface area contributed by atoms with E-state index in [0.29, 0.717) is 23.6 Å². The van der Waals surface area contributed by atoms with Crippen molar-refractivity contribution in [2.24, 2.45) is 0 Å². The van der Waals surface area contributed by atoms with E-state index in [9.17, 15) is 18.0 Å². The standard InChI is InChI=1S/C28H32ClN3O4S/c1-4-22-11-9-10-14-26(22)32(37(35,36)24-12-7-6-8-13-24)20-27(33)31(25(5-2)28(34)30-3)19-21-15-17-23(29)18-16-21/h6-18,25H,4-5,19-20H2,1-3H3,(H,30,34). The van der Waals surface area contributed by atoms with Gasteiger partial charge in [0.25, 0.3) is 10.0 Å². The fraction of sp³-hybridized carbons (Fsp3) is 0.286. The third kappa shape index (κ3) is 6.70. The average molecular weight is 542 g/mol. The number of amides is 2. The van der Waals surface area contributed by atoms with Crippen molar-refractivity contribution in [3.63, 3.8) is 0 Å². The first-order valence-electron chi connectivity index (χ1n) is 12.1. The lowest BCUT2D eigenvalue weighted by Crippen LogP contribution is -2.51. The highest BCUT2D eigenvalue weighted by Gasteiger charge is 2.33. The number of aryl methyl sites for hydroxylation is 1. The molecular weight excluding hydrogens is 510 g/mol. The summed E-state index contributed by atoms with van der Waals surface area (Å²) < 4.78 is 28.8. The van der Waals surface area contributed by atoms with Gasteiger partial charge in [-0.1, -0.05) is 74.0 Å². The molecule has 7 nitrogen and oxygen atoms in total. The molecule has 0 heterocycles. The molecule has 0 aliphatic heterocycles. The number of hydrogen-bond donors (Lipinski definition) is 1. The molecule has 9 heteroatoms. The van der Waals surface area contributed by atoms with Gasteiger partial charge in [-0.3, -0.25) is 13.9 Å². The Labute approximate surface area is 224 Å². The van der Waals surface area contributed by atoms with Crippen molar-refractivity contribution in [1.29, 1.82) is 0 Å². The predicted octanol–water partition coefficient (Wildman–Crippen LogP) is 4.65. The summed E-state index contributed by atoms with van der Waals surface area (Å²) in [6.07, 6.45) is 0.936. The Kier molecular flexibility index (Phi) is 9.72. The lowest BCUT2D eigenvalue weighted by Gasteiger charge is -2.33. The second-order valence-corrected chi connectivity index (χ2v) is 10.8. The van der Waals surface area contributed by atoms with Gasteiger partial charge in [0, 0.05) is 18.6 Å². The van der Waals surface area contributed by atoms with Gasteiger partial charge in [0.2, 0.25) is 11.8 Å². The van der Waals surface area contributed by atoms with Crippen LogP contribution in [0.3, 0.4) is 0 Å². The Morgan fingerprint density at radius 1 is 0.919 bits per heavy atom. The SMILES string of the molecule is CCc1ccccc1N(CC(=O)N(Cc1ccc(Cl)cc1)C(CC)C(=O)NC)S(=O)(=O)c1ccccc1. The summed E-state index contributed by atoms with van der Waals surface area (Å²) in [7, 11) is -2.57. The molecule has 0 fully saturated rings. The topological polar surface area (TPSA) is 86.8 Å². The summed E-state index contributed by atoms with van der Waals surface area (Å²) in [6.45, 7) is 3.40. The molecule has 0 radical (unpaired) electrons. The van der Waals surface area contributed by atoms with E-state index in [1.807, 2.05) is 26.0 Å². The number of rotatable bonds is 11. The zero-order valence-electron chi connectivity index (χ0n) is 21.2. The van der Waals surface area contributed by atoms with E-state index in [-0.39, 0.29) is 17.3 Å². The minimum absolute atomic E-state index is 0.0799. The van der Waals surface area contributed by atoms with Crippen LogP contribution in [0.1, 0.15) is 31.4 Å². The minimum atomic E-state index is -4.08. The number of anilines is 1. The van der Waals surface area contributed by atoms with Crippen LogP contribution >= 0.6 is 11.6 Å². The molecule has 0 aliphatic carbocycles. The molecule has 0 saturated heterocycles. The molecule has 1 unspecified atom stereocenters. The molecule has 1 atom stereocenters. The zero-order chi connectivity index (χ0) is 27.0. The highest BCUT2D eigenvalue weighted by atomic mass is 35.5. The number of nitrogens with zero attached hydrogens (tertiary/aromatic N) is 2. The Morgan fingerprint density at radius 3 is 2.14 bits per heavy atom. The summed E-state index contributed by atoms with van der Waals surface area (Å²) in [5.41, 5.74) is 1.99. The fourth-order valence-corrected chi connectivity index (χ4v) is 5.76. The molecule has 3 aromatic rings. The van der Waals surface area contributed by atoms with Crippen molar-refractivity contribution in [2.45, 2.75) is 44.2 Å². The summed E-state index contributed by atoms with van der Waals surface area (Å²) in [4.78, 5) is 28.2. The summed E-state index contributed by atoms with van der Waals surface area (Å²) in [5, 5.41) is 3.17. The van der Waals surface area contributed by atoms with Crippen molar-refractivity contribution in [3.8, 4) is 0 Å². The predicted molar refractivity (Wildman–Crippen MR) is 147 cm³/mol. The van der Waals surface area contributed by atoms with Gasteiger partial charge in [-0.15, -0.1) is 0 Å². The normalized spacial score (nSPS) is 12.0. The number of likely N-dealkylation sites (N-methyl/N-ethyl adjacent to an activating group) is 1. The highest BCUT2D eigenvalue weighted by Crippen LogP contribution is 2.28. The second-order valence-electron chi connectivity index (χ2n) is 8.49. The van der Waals surface area contributed by atoms with Gasteiger partial charge in [-0.25, -0.2) is 8.42 Å². The monoisotopic (exact) mass is 541 g/mol. The number of benzene rings is 3. The summed E-state index contributed by atoms with van der Waals surface area (Å²) in [5.74, 6) is -0.813. The molecule has 0 aromatic heterocycles. The molecule has 0 bridgehead atoms. The third-order valence-corrected chi connectivity index (χ3v) is 8.18. The van der Waals surface area contributed by atoms with Crippen molar-refractivity contribution >= 4 is 39.1 Å². The van der Waals surface area contributed by atoms with Gasteiger partial charge in [-0.2, -0.15) is 0 Å². The first kappa shape index (κ1) is 28.2. The summed E-state index contributed by atoms with van der Waals surface area (Å²) in [6, 6.07) is 21.4. The van der Waals surface area contributed by atoms with E-state index >= 15 is 0 Å². The zero-order valence-corrected chi connectivity index (χ0v) is 22.8. The maximum absolute atomic E-state index is 13.9. The van der Waals surface area contributed by atoms with Gasteiger partial charge < -0.3 is 10.2 Å². The summed E-state index contributed by atoms with van der Waals surface area (Å²) >= 11 is 6.03. The van der Waals surface area contributed by atoms with Crippen LogP contribution in [0, 0.1) is 0 Å². The van der Waals surface area contributed by atoms with Gasteiger partial charge in [0.1, 0.15) is 12.6 Å². The van der Waals surface area contributed by atoms with Crippen molar-refractivity contribution < 1.29 is 18.0 Å². The van der Waals surface area contributed by atoms with Crippen LogP contribution in [-0.2, 0) is 32.6 Å². The molecular formula is C28H32ClN3O4S. The van der Waals surface area contributed by atoms with E-state index in [4.69, 9.17) is 11.6 Å². The van der Waals surface area contributed by atoms with E-state index in [1.54, 1.807) is 54.6 Å². The Hall–Kier alpha value is -3.36. The number of sulfonamides is 1. The van der Waals surface area contributed by atoms with Crippen LogP contribution in [0.15, 0.2) is 83.8 Å². The first-order chi connectivity index (χ1) is 17.7. The minimum Gasteiger partial charge on any atom is -0.357 e. The average Bonchev–Trinajstić information content (AvgIpc) is 2.92. The number of hydrogen-bond acceptors (Lipinski definition) is 4. The second kappa shape index (κ2) is 12.7. The lowest BCUT2D eigenvalue weighted by molar-refractivity contribution is -0.140. The highest BCUT2D eigenvalue weighted by molar-refractivity contribution is 7.92. The van der Waals surface area contributed by atoms with Crippen LogP contribution in [0.4, 0.5) is 5.69 Å². The van der Waals surface area contributed by atoms with E-state index in [2.05, 4.69) is 5.32 Å². The van der Waals surface area contributed by atoms with Crippen molar-refractivity contribution in [1.82, 2.24) is 10.2 Å². The quantitative estimate of drug-likeness (QED) is 0.383. The Morgan fingerprint density at radius 2 is 1.54 bits per heavy atom. The van der Waals surface area contributed by atoms with Gasteiger partial charge in [0.15, 0.2) is 0 Å². The number of halogens is 1. The molecule has 0 spiro atoms. The molecule has 196 valence electrons. The smallest absolute Gasteiger partial charge is 0.264 e. The lowest BCUT2D eigenvalue weighted by atomic mass is 10.1. The fourth-order valence-electron chi connectivity index (χ4n) is 4.16. The third-order valence-electron chi connectivity index (χ3n) is 6.15. The van der Waals surface area contributed by atoms with Crippen LogP contribution < -0.4 is 9.62 Å². The van der Waals surface area contributed by atoms with Crippen LogP contribution in [0.25, 0.3) is 0 Å². The molecule has 1 N–H and O–H groups in total. The molecule has 37 heavy (non-hydrogen) atoms. The van der Waals surface area contributed by atoms with Crippen LogP contribution in [0.5, 0.6) is 0 Å². The largest absolute Gasteiger partial charge is 0.357 e. The van der Waals surface area contributed by atoms with E-state index < -0.39 is 28.5 Å².